The summed E-state index contributed by atoms with van der Waals surface area (Å²) < 4.78 is 23.4. The molecule has 0 unspecified atom stereocenters. The predicted molar refractivity (Wildman–Crippen MR) is 52.2 cm³/mol. The number of nitrogens with one attached hydrogen (secondary N) is 2. The zero-order valence-electron chi connectivity index (χ0n) is 8.49. The predicted octanol–water partition coefficient (Wildman–Crippen LogP) is -1.58. The minimum Gasteiger partial charge on any atom is -0.381 e. The SMILES string of the molecule is CC(C)(O)C(=O)NCCNS(C)(=O)=O. The molecule has 0 rings (SSSR count). The lowest BCUT2D eigenvalue weighted by Crippen LogP contribution is -2.44. The second-order valence-corrected chi connectivity index (χ2v) is 5.31. The summed E-state index contributed by atoms with van der Waals surface area (Å²) in [6.07, 6.45) is 1.03. The number of carbonyl (C=O) groups excluding carboxylic acids is 1. The molecule has 0 aromatic carbocycles. The second-order valence-electron chi connectivity index (χ2n) is 3.48. The van der Waals surface area contributed by atoms with Crippen molar-refractivity contribution in [1.29, 1.82) is 0 Å². The van der Waals surface area contributed by atoms with Gasteiger partial charge in [-0.2, -0.15) is 0 Å². The van der Waals surface area contributed by atoms with Crippen molar-refractivity contribution in [1.82, 2.24) is 10.0 Å². The van der Waals surface area contributed by atoms with Gasteiger partial charge in [0.2, 0.25) is 10.0 Å². The van der Waals surface area contributed by atoms with E-state index in [1.54, 1.807) is 0 Å². The van der Waals surface area contributed by atoms with E-state index in [1.165, 1.54) is 13.8 Å². The van der Waals surface area contributed by atoms with Crippen molar-refractivity contribution < 1.29 is 18.3 Å². The van der Waals surface area contributed by atoms with E-state index >= 15 is 0 Å². The standard InChI is InChI=1S/C7H16N2O4S/c1-7(2,11)6(10)8-4-5-9-14(3,12)13/h9,11H,4-5H2,1-3H3,(H,8,10). The molecule has 0 spiro atoms. The fraction of sp³-hybridized carbons (Fsp3) is 0.857. The van der Waals surface area contributed by atoms with Crippen LogP contribution in [-0.4, -0.2) is 44.4 Å². The van der Waals surface area contributed by atoms with Crippen LogP contribution in [0.3, 0.4) is 0 Å². The molecule has 0 fully saturated rings. The van der Waals surface area contributed by atoms with Crippen LogP contribution in [0.1, 0.15) is 13.8 Å². The van der Waals surface area contributed by atoms with E-state index in [0.29, 0.717) is 0 Å². The smallest absolute Gasteiger partial charge is 0.251 e. The van der Waals surface area contributed by atoms with Crippen LogP contribution in [-0.2, 0) is 14.8 Å². The molecule has 14 heavy (non-hydrogen) atoms. The zero-order chi connectivity index (χ0) is 11.4. The third-order valence-corrected chi connectivity index (χ3v) is 2.06. The van der Waals surface area contributed by atoms with Gasteiger partial charge in [0.15, 0.2) is 0 Å². The molecule has 0 aliphatic heterocycles. The maximum atomic E-state index is 11.1. The van der Waals surface area contributed by atoms with Crippen LogP contribution in [0.4, 0.5) is 0 Å². The van der Waals surface area contributed by atoms with Crippen LogP contribution >= 0.6 is 0 Å². The summed E-state index contributed by atoms with van der Waals surface area (Å²) in [6.45, 7) is 2.97. The van der Waals surface area contributed by atoms with Crippen molar-refractivity contribution in [2.45, 2.75) is 19.4 Å². The van der Waals surface area contributed by atoms with Gasteiger partial charge in [-0.3, -0.25) is 4.79 Å². The van der Waals surface area contributed by atoms with Crippen LogP contribution < -0.4 is 10.0 Å². The molecule has 84 valence electrons. The number of hydrogen-bond donors (Lipinski definition) is 3. The quantitative estimate of drug-likeness (QED) is 0.491. The van der Waals surface area contributed by atoms with E-state index in [4.69, 9.17) is 0 Å². The first-order valence-corrected chi connectivity index (χ1v) is 5.97. The minimum absolute atomic E-state index is 0.112. The molecule has 0 saturated heterocycles. The molecule has 0 aliphatic rings. The maximum absolute atomic E-state index is 11.1. The first-order valence-electron chi connectivity index (χ1n) is 4.08. The Bertz CT molecular complexity index is 291. The van der Waals surface area contributed by atoms with E-state index in [-0.39, 0.29) is 13.1 Å². The second kappa shape index (κ2) is 4.72. The highest BCUT2D eigenvalue weighted by molar-refractivity contribution is 7.88. The van der Waals surface area contributed by atoms with Crippen LogP contribution in [0.25, 0.3) is 0 Å². The third-order valence-electron chi connectivity index (χ3n) is 1.33. The molecular formula is C7H16N2O4S. The molecule has 1 amide bonds. The average Bonchev–Trinajstić information content (AvgIpc) is 1.93. The van der Waals surface area contributed by atoms with Gasteiger partial charge in [-0.05, 0) is 13.8 Å². The van der Waals surface area contributed by atoms with Gasteiger partial charge in [0.25, 0.3) is 5.91 Å². The zero-order valence-corrected chi connectivity index (χ0v) is 9.31. The molecule has 0 atom stereocenters. The van der Waals surface area contributed by atoms with E-state index in [2.05, 4.69) is 10.0 Å². The van der Waals surface area contributed by atoms with Gasteiger partial charge in [0.05, 0.1) is 6.26 Å². The van der Waals surface area contributed by atoms with Crippen molar-refractivity contribution in [3.05, 3.63) is 0 Å². The molecular weight excluding hydrogens is 208 g/mol. The lowest BCUT2D eigenvalue weighted by Gasteiger charge is -2.16. The average molecular weight is 224 g/mol. The molecule has 0 heterocycles. The van der Waals surface area contributed by atoms with Gasteiger partial charge >= 0.3 is 0 Å². The Hall–Kier alpha value is -0.660. The van der Waals surface area contributed by atoms with Crippen molar-refractivity contribution in [2.24, 2.45) is 0 Å². The van der Waals surface area contributed by atoms with Gasteiger partial charge in [-0.15, -0.1) is 0 Å². The van der Waals surface area contributed by atoms with Gasteiger partial charge in [-0.25, -0.2) is 13.1 Å². The topological polar surface area (TPSA) is 95.5 Å². The Labute approximate surface area is 83.7 Å². The summed E-state index contributed by atoms with van der Waals surface area (Å²) in [5.74, 6) is -0.534. The Morgan fingerprint density at radius 1 is 1.36 bits per heavy atom. The Balaban J connectivity index is 3.72. The number of amides is 1. The first-order chi connectivity index (χ1) is 6.13. The molecule has 0 bridgehead atoms. The number of hydrogen-bond acceptors (Lipinski definition) is 4. The molecule has 0 aliphatic carbocycles. The summed E-state index contributed by atoms with van der Waals surface area (Å²) in [4.78, 5) is 11.1. The fourth-order valence-electron chi connectivity index (χ4n) is 0.629. The Kier molecular flexibility index (Phi) is 4.50. The van der Waals surface area contributed by atoms with E-state index < -0.39 is 21.5 Å². The van der Waals surface area contributed by atoms with Crippen molar-refractivity contribution >= 4 is 15.9 Å². The highest BCUT2D eigenvalue weighted by Gasteiger charge is 2.22. The summed E-state index contributed by atoms with van der Waals surface area (Å²) in [5, 5.41) is 11.6. The van der Waals surface area contributed by atoms with E-state index in [9.17, 15) is 18.3 Å². The fourth-order valence-corrected chi connectivity index (χ4v) is 1.10. The van der Waals surface area contributed by atoms with Crippen molar-refractivity contribution in [2.75, 3.05) is 19.3 Å². The van der Waals surface area contributed by atoms with Gasteiger partial charge < -0.3 is 10.4 Å². The highest BCUT2D eigenvalue weighted by Crippen LogP contribution is 1.98. The van der Waals surface area contributed by atoms with Gasteiger partial charge in [0.1, 0.15) is 5.60 Å². The molecule has 0 saturated carbocycles. The largest absolute Gasteiger partial charge is 0.381 e. The normalized spacial score (nSPS) is 12.6. The molecule has 7 heteroatoms. The maximum Gasteiger partial charge on any atom is 0.251 e. The summed E-state index contributed by atoms with van der Waals surface area (Å²) >= 11 is 0. The Morgan fingerprint density at radius 2 is 1.86 bits per heavy atom. The molecule has 0 aromatic heterocycles. The van der Waals surface area contributed by atoms with Gasteiger partial charge in [0, 0.05) is 13.1 Å². The number of carbonyl (C=O) groups is 1. The monoisotopic (exact) mass is 224 g/mol. The number of aliphatic hydroxyl groups is 1. The minimum atomic E-state index is -3.22. The first kappa shape index (κ1) is 13.3. The number of sulfonamides is 1. The van der Waals surface area contributed by atoms with Gasteiger partial charge in [-0.1, -0.05) is 0 Å². The van der Waals surface area contributed by atoms with Crippen LogP contribution in [0, 0.1) is 0 Å². The Morgan fingerprint density at radius 3 is 2.21 bits per heavy atom. The van der Waals surface area contributed by atoms with Crippen molar-refractivity contribution in [3.8, 4) is 0 Å². The molecule has 0 aromatic rings. The molecule has 0 radical (unpaired) electrons. The summed E-state index contributed by atoms with van der Waals surface area (Å²) in [7, 11) is -3.22. The number of rotatable bonds is 5. The summed E-state index contributed by atoms with van der Waals surface area (Å²) in [5.41, 5.74) is -1.44. The van der Waals surface area contributed by atoms with Crippen LogP contribution in [0.2, 0.25) is 0 Å². The van der Waals surface area contributed by atoms with E-state index in [0.717, 1.165) is 6.26 Å². The molecule has 3 N–H and O–H groups in total. The van der Waals surface area contributed by atoms with Crippen molar-refractivity contribution in [3.63, 3.8) is 0 Å². The van der Waals surface area contributed by atoms with Crippen LogP contribution in [0.5, 0.6) is 0 Å². The third kappa shape index (κ3) is 6.81. The molecule has 6 nitrogen and oxygen atoms in total. The van der Waals surface area contributed by atoms with E-state index in [1.807, 2.05) is 0 Å². The highest BCUT2D eigenvalue weighted by atomic mass is 32.2. The van der Waals surface area contributed by atoms with Crippen LogP contribution in [0.15, 0.2) is 0 Å². The lowest BCUT2D eigenvalue weighted by molar-refractivity contribution is -0.136. The summed E-state index contributed by atoms with van der Waals surface area (Å²) in [6, 6.07) is 0. The lowest BCUT2D eigenvalue weighted by atomic mass is 10.1.